The van der Waals surface area contributed by atoms with Gasteiger partial charge in [0, 0.05) is 12.0 Å². The molecule has 0 unspecified atom stereocenters. The topological polar surface area (TPSA) is 51.0 Å². The van der Waals surface area contributed by atoms with Crippen molar-refractivity contribution in [2.45, 2.75) is 77.4 Å². The summed E-state index contributed by atoms with van der Waals surface area (Å²) >= 11 is 0. The van der Waals surface area contributed by atoms with Gasteiger partial charge in [-0.25, -0.2) is 4.99 Å². The van der Waals surface area contributed by atoms with E-state index in [2.05, 4.69) is 20.8 Å². The average Bonchev–Trinajstić information content (AvgIpc) is 3.30. The second kappa shape index (κ2) is 11.5. The van der Waals surface area contributed by atoms with Gasteiger partial charge in [0.1, 0.15) is 12.4 Å². The van der Waals surface area contributed by atoms with Crippen molar-refractivity contribution in [1.29, 1.82) is 0 Å². The lowest BCUT2D eigenvalue weighted by molar-refractivity contribution is 0.0245. The first-order valence-corrected chi connectivity index (χ1v) is 12.1. The number of aliphatic imine (C=N–C) groups is 1. The van der Waals surface area contributed by atoms with E-state index in [0.717, 1.165) is 35.3 Å². The highest BCUT2D eigenvalue weighted by Crippen LogP contribution is 2.35. The number of ether oxygens (including phenoxy) is 2. The molecule has 0 aliphatic carbocycles. The Labute approximate surface area is 193 Å². The van der Waals surface area contributed by atoms with Crippen molar-refractivity contribution in [3.63, 3.8) is 0 Å². The molecule has 2 aromatic rings. The van der Waals surface area contributed by atoms with Crippen LogP contribution in [0.15, 0.2) is 53.5 Å². The Morgan fingerprint density at radius 2 is 1.78 bits per heavy atom. The summed E-state index contributed by atoms with van der Waals surface area (Å²) in [4.78, 5) is 4.85. The minimum absolute atomic E-state index is 0.168. The van der Waals surface area contributed by atoms with E-state index in [1.807, 2.05) is 48.5 Å². The van der Waals surface area contributed by atoms with Gasteiger partial charge < -0.3 is 14.6 Å². The van der Waals surface area contributed by atoms with Gasteiger partial charge in [0.25, 0.3) is 0 Å². The molecule has 2 atom stereocenters. The molecule has 1 heterocycles. The van der Waals surface area contributed by atoms with Gasteiger partial charge in [-0.2, -0.15) is 0 Å². The van der Waals surface area contributed by atoms with Gasteiger partial charge in [-0.3, -0.25) is 0 Å². The third-order valence-electron chi connectivity index (χ3n) is 6.45. The van der Waals surface area contributed by atoms with E-state index in [1.54, 1.807) is 7.11 Å². The van der Waals surface area contributed by atoms with Crippen LogP contribution in [0.25, 0.3) is 0 Å². The van der Waals surface area contributed by atoms with Crippen LogP contribution in [0.1, 0.15) is 76.0 Å². The van der Waals surface area contributed by atoms with E-state index >= 15 is 0 Å². The maximum Gasteiger partial charge on any atom is 0.216 e. The minimum Gasteiger partial charge on any atom is -0.497 e. The van der Waals surface area contributed by atoms with Crippen LogP contribution in [-0.4, -0.2) is 30.8 Å². The van der Waals surface area contributed by atoms with Gasteiger partial charge in [0.15, 0.2) is 0 Å². The molecule has 1 aliphatic heterocycles. The molecule has 174 valence electrons. The molecule has 2 aromatic carbocycles. The zero-order valence-corrected chi connectivity index (χ0v) is 20.1. The maximum atomic E-state index is 12.1. The molecule has 0 amide bonds. The van der Waals surface area contributed by atoms with E-state index in [4.69, 9.17) is 14.5 Å². The standard InChI is InChI=1S/C28H39NO3/c1-5-6-7-8-11-18-28(30,19-22-14-16-23(31-4)17-15-22)25-13-10-9-12-24(25)27-29-26(20-32-27)21(2)3/h9-10,12-17,21,26,30H,5-8,11,18-20H2,1-4H3/t26-,28+/m1/s1. The number of aliphatic hydroxyl groups is 1. The lowest BCUT2D eigenvalue weighted by Crippen LogP contribution is -2.31. The van der Waals surface area contributed by atoms with E-state index < -0.39 is 5.60 Å². The largest absolute Gasteiger partial charge is 0.497 e. The minimum atomic E-state index is -0.987. The van der Waals surface area contributed by atoms with Crippen molar-refractivity contribution in [3.05, 3.63) is 65.2 Å². The van der Waals surface area contributed by atoms with E-state index in [9.17, 15) is 5.11 Å². The maximum absolute atomic E-state index is 12.1. The summed E-state index contributed by atoms with van der Waals surface area (Å²) in [6.07, 6.45) is 7.05. The molecule has 1 aliphatic rings. The summed E-state index contributed by atoms with van der Waals surface area (Å²) in [5.41, 5.74) is 1.93. The van der Waals surface area contributed by atoms with Gasteiger partial charge in [0.05, 0.1) is 18.8 Å². The Hall–Kier alpha value is -2.33. The molecule has 0 radical (unpaired) electrons. The number of benzene rings is 2. The lowest BCUT2D eigenvalue weighted by Gasteiger charge is -2.31. The second-order valence-electron chi connectivity index (χ2n) is 9.32. The summed E-state index contributed by atoms with van der Waals surface area (Å²) in [6, 6.07) is 16.3. The zero-order chi connectivity index (χ0) is 23.0. The summed E-state index contributed by atoms with van der Waals surface area (Å²) in [5.74, 6) is 1.92. The molecule has 1 N–H and O–H groups in total. The van der Waals surface area contributed by atoms with Crippen molar-refractivity contribution in [2.75, 3.05) is 13.7 Å². The molecular weight excluding hydrogens is 398 g/mol. The fourth-order valence-electron chi connectivity index (χ4n) is 4.37. The molecule has 0 aromatic heterocycles. The summed E-state index contributed by atoms with van der Waals surface area (Å²) in [6.45, 7) is 7.17. The fourth-order valence-corrected chi connectivity index (χ4v) is 4.37. The highest BCUT2D eigenvalue weighted by molar-refractivity contribution is 5.97. The van der Waals surface area contributed by atoms with Gasteiger partial charge in [-0.15, -0.1) is 0 Å². The van der Waals surface area contributed by atoms with Crippen LogP contribution in [-0.2, 0) is 16.8 Å². The normalized spacial score (nSPS) is 17.7. The van der Waals surface area contributed by atoms with Crippen LogP contribution < -0.4 is 4.74 Å². The molecule has 32 heavy (non-hydrogen) atoms. The summed E-state index contributed by atoms with van der Waals surface area (Å²) < 4.78 is 11.3. The van der Waals surface area contributed by atoms with E-state index in [0.29, 0.717) is 31.3 Å². The molecule has 4 nitrogen and oxygen atoms in total. The predicted octanol–water partition coefficient (Wildman–Crippen LogP) is 6.29. The van der Waals surface area contributed by atoms with E-state index in [1.165, 1.54) is 19.3 Å². The van der Waals surface area contributed by atoms with Crippen LogP contribution in [0, 0.1) is 5.92 Å². The third-order valence-corrected chi connectivity index (χ3v) is 6.45. The van der Waals surface area contributed by atoms with Crippen LogP contribution in [0.4, 0.5) is 0 Å². The van der Waals surface area contributed by atoms with Crippen molar-refractivity contribution in [2.24, 2.45) is 10.9 Å². The third kappa shape index (κ3) is 6.13. The zero-order valence-electron chi connectivity index (χ0n) is 20.1. The van der Waals surface area contributed by atoms with Crippen molar-refractivity contribution in [1.82, 2.24) is 0 Å². The average molecular weight is 438 g/mol. The Morgan fingerprint density at radius 3 is 2.44 bits per heavy atom. The van der Waals surface area contributed by atoms with Crippen LogP contribution >= 0.6 is 0 Å². The molecule has 0 saturated carbocycles. The number of unbranched alkanes of at least 4 members (excludes halogenated alkanes) is 4. The molecule has 0 saturated heterocycles. The molecule has 4 heteroatoms. The first-order chi connectivity index (χ1) is 15.5. The van der Waals surface area contributed by atoms with Crippen LogP contribution in [0.3, 0.4) is 0 Å². The Kier molecular flexibility index (Phi) is 8.75. The molecule has 0 spiro atoms. The van der Waals surface area contributed by atoms with Crippen LogP contribution in [0.5, 0.6) is 5.75 Å². The number of hydrogen-bond donors (Lipinski definition) is 1. The Balaban J connectivity index is 1.91. The molecule has 0 bridgehead atoms. The van der Waals surface area contributed by atoms with Gasteiger partial charge in [-0.05, 0) is 41.7 Å². The van der Waals surface area contributed by atoms with Crippen molar-refractivity contribution < 1.29 is 14.6 Å². The Morgan fingerprint density at radius 1 is 1.06 bits per heavy atom. The SMILES string of the molecule is CCCCCCC[C@](O)(Cc1ccc(OC)cc1)c1ccccc1C1=N[C@@H](C(C)C)CO1. The number of rotatable bonds is 12. The highest BCUT2D eigenvalue weighted by atomic mass is 16.5. The number of methoxy groups -OCH3 is 1. The lowest BCUT2D eigenvalue weighted by atomic mass is 9.80. The number of hydrogen-bond acceptors (Lipinski definition) is 4. The Bertz CT molecular complexity index is 875. The summed E-state index contributed by atoms with van der Waals surface area (Å²) in [7, 11) is 1.67. The molecular formula is C28H39NO3. The fraction of sp³-hybridized carbons (Fsp3) is 0.536. The van der Waals surface area contributed by atoms with Crippen LogP contribution in [0.2, 0.25) is 0 Å². The first kappa shape index (κ1) is 24.3. The smallest absolute Gasteiger partial charge is 0.216 e. The predicted molar refractivity (Wildman–Crippen MR) is 132 cm³/mol. The quantitative estimate of drug-likeness (QED) is 0.397. The van der Waals surface area contributed by atoms with Gasteiger partial charge in [-0.1, -0.05) is 83.2 Å². The second-order valence-corrected chi connectivity index (χ2v) is 9.32. The van der Waals surface area contributed by atoms with E-state index in [-0.39, 0.29) is 6.04 Å². The van der Waals surface area contributed by atoms with Gasteiger partial charge >= 0.3 is 0 Å². The summed E-state index contributed by atoms with van der Waals surface area (Å²) in [5, 5.41) is 12.1. The monoisotopic (exact) mass is 437 g/mol. The first-order valence-electron chi connectivity index (χ1n) is 12.1. The highest BCUT2D eigenvalue weighted by Gasteiger charge is 2.34. The van der Waals surface area contributed by atoms with Crippen molar-refractivity contribution >= 4 is 5.90 Å². The number of nitrogens with zero attached hydrogens (tertiary/aromatic N) is 1. The molecule has 0 fully saturated rings. The van der Waals surface area contributed by atoms with Crippen molar-refractivity contribution in [3.8, 4) is 5.75 Å². The van der Waals surface area contributed by atoms with Gasteiger partial charge in [0.2, 0.25) is 5.90 Å². The molecule has 3 rings (SSSR count).